The Bertz CT molecular complexity index is 587. The van der Waals surface area contributed by atoms with E-state index in [4.69, 9.17) is 4.74 Å². The summed E-state index contributed by atoms with van der Waals surface area (Å²) in [5.41, 5.74) is 0. The second-order valence-electron chi connectivity index (χ2n) is 5.88. The number of para-hydroxylation sites is 1. The van der Waals surface area contributed by atoms with Gasteiger partial charge in [0.05, 0.1) is 19.6 Å². The van der Waals surface area contributed by atoms with Crippen LogP contribution in [0, 0.1) is 5.82 Å². The normalized spacial score (nSPS) is 21.9. The van der Waals surface area contributed by atoms with E-state index < -0.39 is 5.82 Å². The van der Waals surface area contributed by atoms with Crippen LogP contribution in [0.4, 0.5) is 4.39 Å². The maximum atomic E-state index is 13.5. The summed E-state index contributed by atoms with van der Waals surface area (Å²) in [4.78, 5) is 27.1. The van der Waals surface area contributed by atoms with Crippen molar-refractivity contribution in [2.75, 3.05) is 19.6 Å². The van der Waals surface area contributed by atoms with E-state index in [1.165, 1.54) is 6.07 Å². The molecule has 1 aromatic carbocycles. The third-order valence-electron chi connectivity index (χ3n) is 4.27. The Labute approximate surface area is 128 Å². The van der Waals surface area contributed by atoms with Crippen LogP contribution in [0.2, 0.25) is 0 Å². The molecule has 1 aromatic rings. The molecule has 2 fully saturated rings. The third-order valence-corrected chi connectivity index (χ3v) is 4.27. The zero-order valence-corrected chi connectivity index (χ0v) is 12.5. The smallest absolute Gasteiger partial charge is 0.242 e. The number of nitrogens with zero attached hydrogens (tertiary/aromatic N) is 2. The number of carbonyl (C=O) groups is 2. The lowest BCUT2D eigenvalue weighted by Gasteiger charge is -2.40. The predicted molar refractivity (Wildman–Crippen MR) is 77.8 cm³/mol. The molecule has 3 rings (SSSR count). The van der Waals surface area contributed by atoms with E-state index in [1.807, 2.05) is 6.92 Å². The van der Waals surface area contributed by atoms with Gasteiger partial charge in [-0.05, 0) is 25.5 Å². The molecule has 2 heterocycles. The molecule has 1 atom stereocenters. The average molecular weight is 306 g/mol. The van der Waals surface area contributed by atoms with Crippen LogP contribution in [0.1, 0.15) is 19.8 Å². The predicted octanol–water partition coefficient (Wildman–Crippen LogP) is 1.43. The van der Waals surface area contributed by atoms with E-state index in [-0.39, 0.29) is 36.3 Å². The van der Waals surface area contributed by atoms with Crippen LogP contribution in [0.5, 0.6) is 5.75 Å². The molecule has 5 nitrogen and oxygen atoms in total. The van der Waals surface area contributed by atoms with Gasteiger partial charge in [0.1, 0.15) is 6.10 Å². The van der Waals surface area contributed by atoms with Gasteiger partial charge in [0.15, 0.2) is 11.6 Å². The molecule has 0 unspecified atom stereocenters. The number of rotatable bonds is 4. The van der Waals surface area contributed by atoms with Crippen molar-refractivity contribution >= 4 is 11.8 Å². The van der Waals surface area contributed by atoms with E-state index in [1.54, 1.807) is 28.0 Å². The minimum Gasteiger partial charge on any atom is -0.484 e. The summed E-state index contributed by atoms with van der Waals surface area (Å²) in [6, 6.07) is 6.36. The zero-order chi connectivity index (χ0) is 15.7. The van der Waals surface area contributed by atoms with E-state index in [9.17, 15) is 14.0 Å². The van der Waals surface area contributed by atoms with Crippen molar-refractivity contribution < 1.29 is 18.7 Å². The lowest BCUT2D eigenvalue weighted by molar-refractivity contribution is -0.145. The minimum absolute atomic E-state index is 0.0422. The van der Waals surface area contributed by atoms with Gasteiger partial charge < -0.3 is 14.5 Å². The van der Waals surface area contributed by atoms with Crippen molar-refractivity contribution in [2.24, 2.45) is 0 Å². The van der Waals surface area contributed by atoms with Gasteiger partial charge in [-0.25, -0.2) is 4.39 Å². The molecule has 0 bridgehead atoms. The van der Waals surface area contributed by atoms with Gasteiger partial charge in [-0.1, -0.05) is 12.1 Å². The van der Waals surface area contributed by atoms with Gasteiger partial charge >= 0.3 is 0 Å². The second kappa shape index (κ2) is 5.94. The highest BCUT2D eigenvalue weighted by Crippen LogP contribution is 2.22. The van der Waals surface area contributed by atoms with Crippen molar-refractivity contribution in [3.05, 3.63) is 30.1 Å². The summed E-state index contributed by atoms with van der Waals surface area (Å²) in [7, 11) is 0. The highest BCUT2D eigenvalue weighted by molar-refractivity contribution is 5.86. The Balaban J connectivity index is 1.48. The summed E-state index contributed by atoms with van der Waals surface area (Å²) in [5, 5.41) is 0. The Kier molecular flexibility index (Phi) is 4.00. The molecule has 118 valence electrons. The van der Waals surface area contributed by atoms with Crippen molar-refractivity contribution in [3.63, 3.8) is 0 Å². The van der Waals surface area contributed by atoms with Crippen LogP contribution in [-0.4, -0.2) is 53.4 Å². The lowest BCUT2D eigenvalue weighted by atomic mass is 10.1. The van der Waals surface area contributed by atoms with E-state index in [0.29, 0.717) is 19.5 Å². The molecule has 0 radical (unpaired) electrons. The molecule has 0 saturated carbocycles. The van der Waals surface area contributed by atoms with Gasteiger partial charge in [0.2, 0.25) is 11.8 Å². The molecule has 2 aliphatic heterocycles. The zero-order valence-electron chi connectivity index (χ0n) is 12.5. The van der Waals surface area contributed by atoms with Crippen LogP contribution in [0.25, 0.3) is 0 Å². The number of benzene rings is 1. The molecular formula is C16H19FN2O3. The summed E-state index contributed by atoms with van der Waals surface area (Å²) < 4.78 is 19.0. The number of hydrogen-bond acceptors (Lipinski definition) is 3. The summed E-state index contributed by atoms with van der Waals surface area (Å²) in [6.07, 6.45) is 1.14. The first-order valence-electron chi connectivity index (χ1n) is 7.53. The number of carbonyl (C=O) groups excluding carboxylic acids is 2. The van der Waals surface area contributed by atoms with Gasteiger partial charge in [-0.3, -0.25) is 9.59 Å². The Morgan fingerprint density at radius 2 is 2.09 bits per heavy atom. The Morgan fingerprint density at radius 1 is 1.36 bits per heavy atom. The summed E-state index contributed by atoms with van der Waals surface area (Å²) in [5.74, 6) is -0.220. The fraction of sp³-hybridized carbons (Fsp3) is 0.500. The summed E-state index contributed by atoms with van der Waals surface area (Å²) >= 11 is 0. The molecule has 6 heteroatoms. The average Bonchev–Trinajstić information content (AvgIpc) is 2.76. The molecule has 0 N–H and O–H groups in total. The monoisotopic (exact) mass is 306 g/mol. The topological polar surface area (TPSA) is 49.9 Å². The van der Waals surface area contributed by atoms with Crippen molar-refractivity contribution in [2.45, 2.75) is 31.9 Å². The van der Waals surface area contributed by atoms with Crippen molar-refractivity contribution in [1.29, 1.82) is 0 Å². The first-order valence-corrected chi connectivity index (χ1v) is 7.53. The maximum absolute atomic E-state index is 13.5. The number of likely N-dealkylation sites (tertiary alicyclic amines) is 2. The largest absolute Gasteiger partial charge is 0.484 e. The maximum Gasteiger partial charge on any atom is 0.242 e. The molecule has 0 spiro atoms. The molecule has 0 aromatic heterocycles. The number of halogens is 1. The number of ether oxygens (including phenoxy) is 1. The highest BCUT2D eigenvalue weighted by Gasteiger charge is 2.36. The minimum atomic E-state index is -0.399. The van der Waals surface area contributed by atoms with E-state index in [0.717, 1.165) is 6.42 Å². The van der Waals surface area contributed by atoms with Crippen LogP contribution < -0.4 is 4.74 Å². The Morgan fingerprint density at radius 3 is 2.73 bits per heavy atom. The van der Waals surface area contributed by atoms with E-state index >= 15 is 0 Å². The molecule has 2 aliphatic rings. The molecule has 2 amide bonds. The molecule has 2 saturated heterocycles. The van der Waals surface area contributed by atoms with Crippen LogP contribution in [-0.2, 0) is 9.59 Å². The number of hydrogen-bond donors (Lipinski definition) is 0. The van der Waals surface area contributed by atoms with Crippen LogP contribution in [0.3, 0.4) is 0 Å². The van der Waals surface area contributed by atoms with E-state index in [2.05, 4.69) is 0 Å². The first kappa shape index (κ1) is 14.8. The van der Waals surface area contributed by atoms with Gasteiger partial charge in [0.25, 0.3) is 0 Å². The summed E-state index contributed by atoms with van der Waals surface area (Å²) in [6.45, 7) is 2.96. The first-order chi connectivity index (χ1) is 10.5. The lowest BCUT2D eigenvalue weighted by Crippen LogP contribution is -2.58. The fourth-order valence-electron chi connectivity index (χ4n) is 2.80. The van der Waals surface area contributed by atoms with Crippen LogP contribution >= 0.6 is 0 Å². The molecule has 22 heavy (non-hydrogen) atoms. The second-order valence-corrected chi connectivity index (χ2v) is 5.88. The van der Waals surface area contributed by atoms with Crippen molar-refractivity contribution in [3.8, 4) is 5.75 Å². The van der Waals surface area contributed by atoms with Crippen molar-refractivity contribution in [1.82, 2.24) is 9.80 Å². The SMILES string of the molecule is C[C@@H]1CCC(=O)N1CC(=O)N1CC(Oc2ccccc2F)C1. The standard InChI is InChI=1S/C16H19FN2O3/c1-11-6-7-15(20)19(11)10-16(21)18-8-12(9-18)22-14-5-3-2-4-13(14)17/h2-5,11-12H,6-10H2,1H3/t11-/m1/s1. The van der Waals surface area contributed by atoms with Gasteiger partial charge in [0, 0.05) is 12.5 Å². The quantitative estimate of drug-likeness (QED) is 0.845. The number of amides is 2. The van der Waals surface area contributed by atoms with Crippen LogP contribution in [0.15, 0.2) is 24.3 Å². The van der Waals surface area contributed by atoms with Gasteiger partial charge in [-0.15, -0.1) is 0 Å². The highest BCUT2D eigenvalue weighted by atomic mass is 19.1. The van der Waals surface area contributed by atoms with Gasteiger partial charge in [-0.2, -0.15) is 0 Å². The fourth-order valence-corrected chi connectivity index (χ4v) is 2.80. The third kappa shape index (κ3) is 2.91. The Hall–Kier alpha value is -2.11. The molecular weight excluding hydrogens is 287 g/mol. The molecule has 0 aliphatic carbocycles.